The number of halogens is 1. The van der Waals surface area contributed by atoms with Crippen molar-refractivity contribution in [1.82, 2.24) is 0 Å². The average Bonchev–Trinajstić information content (AvgIpc) is 2.69. The van der Waals surface area contributed by atoms with Crippen LogP contribution in [0.4, 0.5) is 0 Å². The Morgan fingerprint density at radius 1 is 1.44 bits per heavy atom. The molecular weight excluding hydrogens is 272 g/mol. The summed E-state index contributed by atoms with van der Waals surface area (Å²) in [4.78, 5) is 11.5. The molecule has 0 amide bonds. The zero-order chi connectivity index (χ0) is 11.5. The highest BCUT2D eigenvalue weighted by atomic mass is 79.9. The van der Waals surface area contributed by atoms with Crippen LogP contribution in [0.2, 0.25) is 0 Å². The monoisotopic (exact) mass is 284 g/mol. The van der Waals surface area contributed by atoms with Gasteiger partial charge in [-0.1, -0.05) is 28.1 Å². The minimum atomic E-state index is -0.520. The summed E-state index contributed by atoms with van der Waals surface area (Å²) < 4.78 is 5.52. The van der Waals surface area contributed by atoms with E-state index >= 15 is 0 Å². The van der Waals surface area contributed by atoms with E-state index in [1.807, 2.05) is 18.2 Å². The maximum Gasteiger partial charge on any atom is 0.163 e. The molecule has 16 heavy (non-hydrogen) atoms. The van der Waals surface area contributed by atoms with Crippen LogP contribution >= 0.6 is 15.9 Å². The van der Waals surface area contributed by atoms with Gasteiger partial charge in [-0.05, 0) is 12.5 Å². The van der Waals surface area contributed by atoms with Gasteiger partial charge in [0.15, 0.2) is 5.78 Å². The van der Waals surface area contributed by atoms with Gasteiger partial charge in [-0.25, -0.2) is 0 Å². The molecule has 1 N–H and O–H groups in total. The van der Waals surface area contributed by atoms with Gasteiger partial charge in [0, 0.05) is 22.9 Å². The quantitative estimate of drug-likeness (QED) is 0.860. The summed E-state index contributed by atoms with van der Waals surface area (Å²) >= 11 is 3.18. The van der Waals surface area contributed by atoms with Crippen molar-refractivity contribution in [3.05, 3.63) is 29.3 Å². The lowest BCUT2D eigenvalue weighted by molar-refractivity contribution is 0.0994. The van der Waals surface area contributed by atoms with Crippen LogP contribution < -0.4 is 4.74 Å². The molecule has 0 aromatic heterocycles. The number of carbonyl (C=O) groups is 1. The fourth-order valence-corrected chi connectivity index (χ4v) is 2.01. The Kier molecular flexibility index (Phi) is 3.61. The van der Waals surface area contributed by atoms with E-state index < -0.39 is 6.10 Å². The number of carbonyl (C=O) groups excluding carboxylic acids is 1. The molecule has 0 fully saturated rings. The van der Waals surface area contributed by atoms with E-state index in [9.17, 15) is 9.90 Å². The molecule has 1 aromatic carbocycles. The minimum Gasteiger partial charge on any atom is -0.491 e. The number of aliphatic hydroxyl groups is 1. The molecule has 0 saturated heterocycles. The first-order valence-corrected chi connectivity index (χ1v) is 6.36. The Morgan fingerprint density at radius 3 is 3.00 bits per heavy atom. The number of Topliss-reactive ketones (excluding diaryl/α,β-unsaturated/α-hetero) is 1. The summed E-state index contributed by atoms with van der Waals surface area (Å²) in [7, 11) is 0. The normalized spacial score (nSPS) is 16.0. The molecule has 1 aromatic rings. The smallest absolute Gasteiger partial charge is 0.163 e. The molecule has 0 spiro atoms. The molecule has 2 rings (SSSR count). The first kappa shape index (κ1) is 11.6. The van der Waals surface area contributed by atoms with Crippen molar-refractivity contribution < 1.29 is 14.6 Å². The number of hydrogen-bond donors (Lipinski definition) is 1. The predicted molar refractivity (Wildman–Crippen MR) is 64.4 cm³/mol. The third-order valence-electron chi connectivity index (χ3n) is 2.64. The van der Waals surface area contributed by atoms with Crippen molar-refractivity contribution in [1.29, 1.82) is 0 Å². The van der Waals surface area contributed by atoms with Crippen molar-refractivity contribution in [2.24, 2.45) is 0 Å². The third kappa shape index (κ3) is 2.28. The fourth-order valence-electron chi connectivity index (χ4n) is 1.82. The summed E-state index contributed by atoms with van der Waals surface area (Å²) in [6.07, 6.45) is 0.791. The second-order valence-corrected chi connectivity index (χ2v) is 4.47. The van der Waals surface area contributed by atoms with Crippen LogP contribution in [-0.4, -0.2) is 28.9 Å². The number of ether oxygens (including phenoxy) is 1. The molecule has 0 saturated carbocycles. The van der Waals surface area contributed by atoms with E-state index in [1.165, 1.54) is 0 Å². The molecule has 86 valence electrons. The second-order valence-electron chi connectivity index (χ2n) is 3.82. The average molecular weight is 285 g/mol. The Balaban J connectivity index is 2.14. The van der Waals surface area contributed by atoms with Crippen LogP contribution in [0, 0.1) is 0 Å². The number of aliphatic hydroxyl groups excluding tert-OH is 1. The van der Waals surface area contributed by atoms with E-state index in [0.717, 1.165) is 23.3 Å². The zero-order valence-corrected chi connectivity index (χ0v) is 10.4. The number of alkyl halides is 1. The molecule has 0 heterocycles. The molecule has 3 nitrogen and oxygen atoms in total. The summed E-state index contributed by atoms with van der Waals surface area (Å²) in [5, 5.41) is 9.87. The van der Waals surface area contributed by atoms with Gasteiger partial charge in [0.05, 0.1) is 6.10 Å². The third-order valence-corrected chi connectivity index (χ3v) is 3.39. The first-order valence-electron chi connectivity index (χ1n) is 5.24. The van der Waals surface area contributed by atoms with E-state index in [-0.39, 0.29) is 12.4 Å². The van der Waals surface area contributed by atoms with Gasteiger partial charge in [0.1, 0.15) is 12.4 Å². The van der Waals surface area contributed by atoms with E-state index in [4.69, 9.17) is 4.74 Å². The van der Waals surface area contributed by atoms with Crippen LogP contribution in [0.25, 0.3) is 0 Å². The number of hydrogen-bond acceptors (Lipinski definition) is 3. The van der Waals surface area contributed by atoms with Crippen LogP contribution in [-0.2, 0) is 6.42 Å². The lowest BCUT2D eigenvalue weighted by atomic mass is 10.1. The summed E-state index contributed by atoms with van der Waals surface area (Å²) in [6, 6.07) is 5.49. The lowest BCUT2D eigenvalue weighted by Crippen LogP contribution is -2.19. The fraction of sp³-hybridized carbons (Fsp3) is 0.417. The first-order chi connectivity index (χ1) is 7.72. The molecule has 4 heteroatoms. The van der Waals surface area contributed by atoms with Crippen molar-refractivity contribution in [3.63, 3.8) is 0 Å². The summed E-state index contributed by atoms with van der Waals surface area (Å²) in [6.45, 7) is 0.246. The van der Waals surface area contributed by atoms with Gasteiger partial charge in [0.25, 0.3) is 0 Å². The highest BCUT2D eigenvalue weighted by molar-refractivity contribution is 9.09. The van der Waals surface area contributed by atoms with Gasteiger partial charge in [-0.15, -0.1) is 0 Å². The van der Waals surface area contributed by atoms with Gasteiger partial charge in [-0.3, -0.25) is 4.79 Å². The van der Waals surface area contributed by atoms with Crippen LogP contribution in [0.3, 0.4) is 0 Å². The topological polar surface area (TPSA) is 46.5 Å². The second kappa shape index (κ2) is 4.97. The number of fused-ring (bicyclic) bond motifs is 1. The Hall–Kier alpha value is -0.870. The van der Waals surface area contributed by atoms with E-state index in [2.05, 4.69) is 15.9 Å². The zero-order valence-electron chi connectivity index (χ0n) is 8.78. The standard InChI is InChI=1S/C12H13BrO3/c13-6-8(14)7-16-12-3-1-2-9-10(12)4-5-11(9)15/h1-3,8,14H,4-7H2. The van der Waals surface area contributed by atoms with Crippen molar-refractivity contribution in [2.75, 3.05) is 11.9 Å². The highest BCUT2D eigenvalue weighted by Gasteiger charge is 2.22. The summed E-state index contributed by atoms with van der Waals surface area (Å²) in [5.74, 6) is 0.907. The van der Waals surface area contributed by atoms with Gasteiger partial charge in [-0.2, -0.15) is 0 Å². The Bertz CT molecular complexity index is 403. The Morgan fingerprint density at radius 2 is 2.25 bits per heavy atom. The maximum absolute atomic E-state index is 11.5. The predicted octanol–water partition coefficient (Wildman–Crippen LogP) is 1.95. The summed E-state index contributed by atoms with van der Waals surface area (Å²) in [5.41, 5.74) is 1.75. The molecule has 1 unspecified atom stereocenters. The van der Waals surface area contributed by atoms with Crippen molar-refractivity contribution >= 4 is 21.7 Å². The maximum atomic E-state index is 11.5. The Labute approximate surface area is 103 Å². The van der Waals surface area contributed by atoms with Crippen LogP contribution in [0.5, 0.6) is 5.75 Å². The van der Waals surface area contributed by atoms with E-state index in [0.29, 0.717) is 11.8 Å². The highest BCUT2D eigenvalue weighted by Crippen LogP contribution is 2.30. The minimum absolute atomic E-state index is 0.182. The van der Waals surface area contributed by atoms with E-state index in [1.54, 1.807) is 0 Å². The molecule has 0 radical (unpaired) electrons. The number of rotatable bonds is 4. The lowest BCUT2D eigenvalue weighted by Gasteiger charge is -2.12. The molecule has 1 aliphatic carbocycles. The van der Waals surface area contributed by atoms with Crippen molar-refractivity contribution in [2.45, 2.75) is 18.9 Å². The van der Waals surface area contributed by atoms with Gasteiger partial charge < -0.3 is 9.84 Å². The largest absolute Gasteiger partial charge is 0.491 e. The molecule has 1 aliphatic rings. The van der Waals surface area contributed by atoms with Gasteiger partial charge in [0.2, 0.25) is 0 Å². The molecule has 0 aliphatic heterocycles. The molecular formula is C12H13BrO3. The molecule has 1 atom stereocenters. The molecule has 0 bridgehead atoms. The van der Waals surface area contributed by atoms with Gasteiger partial charge >= 0.3 is 0 Å². The van der Waals surface area contributed by atoms with Crippen LogP contribution in [0.1, 0.15) is 22.3 Å². The number of ketones is 1. The van der Waals surface area contributed by atoms with Crippen LogP contribution in [0.15, 0.2) is 18.2 Å². The van der Waals surface area contributed by atoms with Crippen molar-refractivity contribution in [3.8, 4) is 5.75 Å². The SMILES string of the molecule is O=C1CCc2c(OCC(O)CBr)cccc21. The number of benzene rings is 1.